The molecule has 0 aliphatic heterocycles. The van der Waals surface area contributed by atoms with E-state index in [1.165, 1.54) is 31.0 Å². The van der Waals surface area contributed by atoms with E-state index in [0.717, 1.165) is 22.3 Å². The molecule has 0 aromatic heterocycles. The molecule has 0 fully saturated rings. The summed E-state index contributed by atoms with van der Waals surface area (Å²) in [5.74, 6) is -3.00. The molecule has 2 aromatic rings. The molecule has 3 amide bonds. The van der Waals surface area contributed by atoms with Crippen LogP contribution in [0.1, 0.15) is 71.4 Å². The number of methoxy groups -OCH3 is 1. The summed E-state index contributed by atoms with van der Waals surface area (Å²) in [6.45, 7) is 11.3. The van der Waals surface area contributed by atoms with Crippen LogP contribution in [-0.4, -0.2) is 90.8 Å². The Morgan fingerprint density at radius 1 is 0.891 bits per heavy atom. The van der Waals surface area contributed by atoms with Gasteiger partial charge in [0.1, 0.15) is 18.7 Å². The van der Waals surface area contributed by atoms with Crippen LogP contribution in [0.3, 0.4) is 0 Å². The Hall–Kier alpha value is -3.92. The minimum absolute atomic E-state index is 0.0899. The fourth-order valence-corrected chi connectivity index (χ4v) is 6.80. The maximum atomic E-state index is 14.8. The third-order valence-corrected chi connectivity index (χ3v) is 9.23. The van der Waals surface area contributed by atoms with E-state index in [1.807, 2.05) is 77.9 Å². The predicted molar refractivity (Wildman–Crippen MR) is 177 cm³/mol. The number of carboxylic acid groups (broad SMARTS) is 1. The molecule has 1 aliphatic carbocycles. The van der Waals surface area contributed by atoms with Gasteiger partial charge in [0.15, 0.2) is 0 Å². The Balaban J connectivity index is 2.00. The summed E-state index contributed by atoms with van der Waals surface area (Å²) in [6, 6.07) is 13.4. The van der Waals surface area contributed by atoms with Crippen LogP contribution < -0.4 is 5.32 Å². The van der Waals surface area contributed by atoms with Crippen LogP contribution in [0.4, 0.5) is 4.79 Å². The van der Waals surface area contributed by atoms with E-state index in [9.17, 15) is 24.3 Å². The molecule has 3 rings (SSSR count). The average molecular weight is 638 g/mol. The first-order chi connectivity index (χ1) is 21.8. The van der Waals surface area contributed by atoms with Gasteiger partial charge >= 0.3 is 12.1 Å². The number of carboxylic acids is 1. The molecule has 0 unspecified atom stereocenters. The summed E-state index contributed by atoms with van der Waals surface area (Å²) < 4.78 is 11.6. The van der Waals surface area contributed by atoms with Crippen molar-refractivity contribution in [2.24, 2.45) is 17.8 Å². The zero-order chi connectivity index (χ0) is 34.3. The van der Waals surface area contributed by atoms with Gasteiger partial charge in [-0.15, -0.1) is 0 Å². The number of carbonyl (C=O) groups is 4. The third-order valence-electron chi connectivity index (χ3n) is 9.23. The van der Waals surface area contributed by atoms with Crippen LogP contribution in [0.2, 0.25) is 0 Å². The topological polar surface area (TPSA) is 125 Å². The van der Waals surface area contributed by atoms with E-state index in [1.54, 1.807) is 0 Å². The average Bonchev–Trinajstić information content (AvgIpc) is 3.35. The third kappa shape index (κ3) is 7.71. The summed E-state index contributed by atoms with van der Waals surface area (Å²) in [5.41, 5.74) is 4.37. The highest BCUT2D eigenvalue weighted by molar-refractivity contribution is 5.92. The summed E-state index contributed by atoms with van der Waals surface area (Å²) in [4.78, 5) is 56.7. The van der Waals surface area contributed by atoms with Gasteiger partial charge in [-0.05, 0) is 40.0 Å². The molecule has 5 atom stereocenters. The number of nitrogens with one attached hydrogen (secondary N) is 1. The molecule has 1 aliphatic rings. The maximum absolute atomic E-state index is 14.8. The maximum Gasteiger partial charge on any atom is 0.410 e. The van der Waals surface area contributed by atoms with Crippen LogP contribution in [0.5, 0.6) is 0 Å². The van der Waals surface area contributed by atoms with Gasteiger partial charge in [0.05, 0.1) is 18.6 Å². The molecule has 0 spiro atoms. The number of benzene rings is 2. The fourth-order valence-electron chi connectivity index (χ4n) is 6.80. The highest BCUT2D eigenvalue weighted by Gasteiger charge is 2.47. The molecule has 0 bridgehead atoms. The van der Waals surface area contributed by atoms with Crippen molar-refractivity contribution in [3.8, 4) is 11.1 Å². The van der Waals surface area contributed by atoms with Gasteiger partial charge < -0.3 is 24.8 Å². The Labute approximate surface area is 273 Å². The zero-order valence-corrected chi connectivity index (χ0v) is 28.7. The number of carbonyl (C=O) groups excluding carboxylic acids is 3. The molecular weight excluding hydrogens is 586 g/mol. The normalized spacial score (nSPS) is 15.7. The summed E-state index contributed by atoms with van der Waals surface area (Å²) in [5, 5.41) is 12.4. The highest BCUT2D eigenvalue weighted by Crippen LogP contribution is 2.44. The molecule has 0 radical (unpaired) electrons. The summed E-state index contributed by atoms with van der Waals surface area (Å²) in [6.07, 6.45) is -1.32. The van der Waals surface area contributed by atoms with E-state index in [-0.39, 0.29) is 42.6 Å². The molecule has 0 saturated heterocycles. The van der Waals surface area contributed by atoms with Gasteiger partial charge in [-0.3, -0.25) is 19.3 Å². The summed E-state index contributed by atoms with van der Waals surface area (Å²) in [7, 11) is 4.46. The lowest BCUT2D eigenvalue weighted by Crippen LogP contribution is -2.65. The fraction of sp³-hybridized carbons (Fsp3) is 0.556. The van der Waals surface area contributed by atoms with E-state index in [4.69, 9.17) is 9.47 Å². The number of hydrogen-bond acceptors (Lipinski definition) is 6. The number of ether oxygens (including phenoxy) is 2. The van der Waals surface area contributed by atoms with Gasteiger partial charge in [0.25, 0.3) is 0 Å². The van der Waals surface area contributed by atoms with Gasteiger partial charge in [-0.25, -0.2) is 4.79 Å². The number of fused-ring (bicyclic) bond motifs is 3. The van der Waals surface area contributed by atoms with Crippen LogP contribution >= 0.6 is 0 Å². The Kier molecular flexibility index (Phi) is 12.8. The van der Waals surface area contributed by atoms with Crippen molar-refractivity contribution < 1.29 is 33.8 Å². The first kappa shape index (κ1) is 36.5. The van der Waals surface area contributed by atoms with Crippen molar-refractivity contribution in [3.05, 3.63) is 59.7 Å². The van der Waals surface area contributed by atoms with Crippen molar-refractivity contribution in [3.63, 3.8) is 0 Å². The summed E-state index contributed by atoms with van der Waals surface area (Å²) >= 11 is 0. The van der Waals surface area contributed by atoms with Gasteiger partial charge in [-0.2, -0.15) is 0 Å². The molecule has 2 N–H and O–H groups in total. The molecule has 0 saturated carbocycles. The highest BCUT2D eigenvalue weighted by atomic mass is 16.6. The number of amides is 3. The van der Waals surface area contributed by atoms with Crippen molar-refractivity contribution in [1.29, 1.82) is 0 Å². The molecule has 46 heavy (non-hydrogen) atoms. The minimum Gasteiger partial charge on any atom is -0.481 e. The lowest BCUT2D eigenvalue weighted by atomic mass is 9.86. The lowest BCUT2D eigenvalue weighted by molar-refractivity contribution is -0.159. The van der Waals surface area contributed by atoms with Crippen molar-refractivity contribution in [1.82, 2.24) is 15.1 Å². The second-order valence-corrected chi connectivity index (χ2v) is 12.9. The van der Waals surface area contributed by atoms with Crippen LogP contribution in [-0.2, 0) is 23.9 Å². The number of nitrogens with zero attached hydrogens (tertiary/aromatic N) is 2. The lowest BCUT2D eigenvalue weighted by Gasteiger charge is -2.47. The van der Waals surface area contributed by atoms with Crippen LogP contribution in [0.25, 0.3) is 11.1 Å². The van der Waals surface area contributed by atoms with Crippen LogP contribution in [0.15, 0.2) is 48.5 Å². The van der Waals surface area contributed by atoms with Gasteiger partial charge in [0.2, 0.25) is 11.8 Å². The van der Waals surface area contributed by atoms with Gasteiger partial charge in [-0.1, -0.05) is 96.5 Å². The van der Waals surface area contributed by atoms with E-state index >= 15 is 0 Å². The SMILES string of the molecule is CC[C@H](C)[C@@H]([C@@H](CC(=O)O)OC)N(C(=O)[C@H](C(C)C)N(C)C(=O)OCC1c2ccccc2-c2ccccc21)[C@H](C(=O)NC)C(C)C. The Morgan fingerprint density at radius 3 is 1.85 bits per heavy atom. The van der Waals surface area contributed by atoms with Gasteiger partial charge in [0, 0.05) is 27.1 Å². The number of likely N-dealkylation sites (N-methyl/N-ethyl adjacent to an activating group) is 2. The number of hydrogen-bond donors (Lipinski definition) is 2. The second kappa shape index (κ2) is 16.1. The molecular formula is C36H51N3O7. The van der Waals surface area contributed by atoms with Crippen LogP contribution in [0, 0.1) is 17.8 Å². The van der Waals surface area contributed by atoms with Crippen molar-refractivity contribution in [2.75, 3.05) is 27.8 Å². The molecule has 0 heterocycles. The van der Waals surface area contributed by atoms with Crippen molar-refractivity contribution in [2.45, 2.75) is 84.5 Å². The van der Waals surface area contributed by atoms with Crippen molar-refractivity contribution >= 4 is 23.9 Å². The first-order valence-corrected chi connectivity index (χ1v) is 16.2. The van der Waals surface area contributed by atoms with E-state index in [0.29, 0.717) is 6.42 Å². The predicted octanol–water partition coefficient (Wildman–Crippen LogP) is 5.40. The quantitative estimate of drug-likeness (QED) is 0.268. The zero-order valence-electron chi connectivity index (χ0n) is 28.7. The number of rotatable bonds is 15. The van der Waals surface area contributed by atoms with E-state index in [2.05, 4.69) is 17.4 Å². The standard InChI is InChI=1S/C36H51N3O7/c1-10-23(6)33(29(45-9)19-30(40)41)39(31(21(2)3)34(42)37-7)35(43)32(22(4)5)38(8)36(44)46-20-28-26-17-13-11-15-24(26)25-16-12-14-18-27(25)28/h11-18,21-23,28-29,31-33H,10,19-20H2,1-9H3,(H,37,42)(H,40,41)/t23-,29+,31-,32-,33-/m0/s1. The first-order valence-electron chi connectivity index (χ1n) is 16.2. The second-order valence-electron chi connectivity index (χ2n) is 12.9. The monoisotopic (exact) mass is 637 g/mol. The smallest absolute Gasteiger partial charge is 0.410 e. The Morgan fingerprint density at radius 2 is 1.41 bits per heavy atom. The largest absolute Gasteiger partial charge is 0.481 e. The molecule has 10 nitrogen and oxygen atoms in total. The molecule has 10 heteroatoms. The Bertz CT molecular complexity index is 1330. The molecule has 2 aromatic carbocycles. The minimum atomic E-state index is -1.08. The number of aliphatic carboxylic acids is 1. The van der Waals surface area contributed by atoms with E-state index < -0.39 is 42.2 Å². The molecule has 252 valence electrons.